The van der Waals surface area contributed by atoms with Crippen molar-refractivity contribution in [2.45, 2.75) is 37.6 Å². The minimum Gasteiger partial charge on any atom is -0.351 e. The average Bonchev–Trinajstić information content (AvgIpc) is 2.68. The Hall–Kier alpha value is -1.78. The van der Waals surface area contributed by atoms with Gasteiger partial charge in [0, 0.05) is 29.3 Å². The van der Waals surface area contributed by atoms with Gasteiger partial charge in [0.15, 0.2) is 0 Å². The van der Waals surface area contributed by atoms with Crippen molar-refractivity contribution in [1.82, 2.24) is 10.2 Å². The molecule has 1 aliphatic rings. The van der Waals surface area contributed by atoms with E-state index in [0.29, 0.717) is 6.54 Å². The third kappa shape index (κ3) is 5.89. The van der Waals surface area contributed by atoms with E-state index in [1.165, 1.54) is 48.4 Å². The molecule has 0 unspecified atom stereocenters. The zero-order valence-corrected chi connectivity index (χ0v) is 16.4. The third-order valence-electron chi connectivity index (χ3n) is 4.75. The second kappa shape index (κ2) is 9.79. The number of thioether (sulfide) groups is 1. The molecular weight excluding hydrogens is 340 g/mol. The van der Waals surface area contributed by atoms with Crippen LogP contribution in [0.1, 0.15) is 40.7 Å². The predicted octanol–water partition coefficient (Wildman–Crippen LogP) is 4.50. The number of hydrogen-bond acceptors (Lipinski definition) is 3. The van der Waals surface area contributed by atoms with E-state index < -0.39 is 0 Å². The summed E-state index contributed by atoms with van der Waals surface area (Å²) in [5.41, 5.74) is 3.30. The Balaban J connectivity index is 1.40. The number of nitrogens with one attached hydrogen (secondary N) is 1. The monoisotopic (exact) mass is 368 g/mol. The number of piperidine rings is 1. The molecule has 4 heteroatoms. The predicted molar refractivity (Wildman–Crippen MR) is 110 cm³/mol. The zero-order chi connectivity index (χ0) is 18.2. The zero-order valence-electron chi connectivity index (χ0n) is 15.5. The number of aryl methyl sites for hydroxylation is 1. The number of rotatable bonds is 7. The molecule has 2 aromatic carbocycles. The Morgan fingerprint density at radius 1 is 1.00 bits per heavy atom. The quantitative estimate of drug-likeness (QED) is 0.577. The number of carbonyl (C=O) groups is 1. The second-order valence-corrected chi connectivity index (χ2v) is 8.12. The van der Waals surface area contributed by atoms with Gasteiger partial charge in [0.25, 0.3) is 5.91 Å². The maximum Gasteiger partial charge on any atom is 0.251 e. The molecule has 1 fully saturated rings. The SMILES string of the molecule is Cc1ccc(SCCNC(=O)c2ccc(CN3CCCCC3)cc2)cc1. The lowest BCUT2D eigenvalue weighted by Crippen LogP contribution is -2.29. The molecule has 0 aliphatic carbocycles. The molecule has 3 rings (SSSR count). The molecule has 0 saturated carbocycles. The Labute approximate surface area is 161 Å². The normalized spacial score (nSPS) is 15.0. The molecule has 0 spiro atoms. The van der Waals surface area contributed by atoms with Crippen molar-refractivity contribution in [2.24, 2.45) is 0 Å². The molecule has 0 bridgehead atoms. The molecule has 1 amide bonds. The first-order chi connectivity index (χ1) is 12.7. The summed E-state index contributed by atoms with van der Waals surface area (Å²) in [6.07, 6.45) is 3.97. The molecule has 138 valence electrons. The van der Waals surface area contributed by atoms with Gasteiger partial charge in [0.05, 0.1) is 0 Å². The van der Waals surface area contributed by atoms with E-state index in [1.54, 1.807) is 11.8 Å². The fourth-order valence-corrected chi connectivity index (χ4v) is 3.98. The van der Waals surface area contributed by atoms with Crippen LogP contribution in [0, 0.1) is 6.92 Å². The first-order valence-corrected chi connectivity index (χ1v) is 10.5. The number of hydrogen-bond donors (Lipinski definition) is 1. The summed E-state index contributed by atoms with van der Waals surface area (Å²) < 4.78 is 0. The lowest BCUT2D eigenvalue weighted by atomic mass is 10.1. The van der Waals surface area contributed by atoms with Gasteiger partial charge in [-0.25, -0.2) is 0 Å². The molecule has 2 aromatic rings. The number of carbonyl (C=O) groups excluding carboxylic acids is 1. The number of likely N-dealkylation sites (tertiary alicyclic amines) is 1. The van der Waals surface area contributed by atoms with Crippen LogP contribution in [0.15, 0.2) is 53.4 Å². The van der Waals surface area contributed by atoms with Crippen LogP contribution in [0.2, 0.25) is 0 Å². The van der Waals surface area contributed by atoms with Gasteiger partial charge >= 0.3 is 0 Å². The van der Waals surface area contributed by atoms with Crippen molar-refractivity contribution in [3.8, 4) is 0 Å². The van der Waals surface area contributed by atoms with Gasteiger partial charge in [-0.3, -0.25) is 9.69 Å². The minimum absolute atomic E-state index is 0.0130. The molecule has 1 saturated heterocycles. The first kappa shape index (κ1) is 19.0. The molecule has 1 N–H and O–H groups in total. The summed E-state index contributed by atoms with van der Waals surface area (Å²) in [6, 6.07) is 16.6. The molecule has 1 heterocycles. The van der Waals surface area contributed by atoms with Crippen LogP contribution >= 0.6 is 11.8 Å². The summed E-state index contributed by atoms with van der Waals surface area (Å²) in [6.45, 7) is 6.15. The fraction of sp³-hybridized carbons (Fsp3) is 0.409. The van der Waals surface area contributed by atoms with Crippen molar-refractivity contribution < 1.29 is 4.79 Å². The van der Waals surface area contributed by atoms with Gasteiger partial charge < -0.3 is 5.32 Å². The van der Waals surface area contributed by atoms with E-state index in [4.69, 9.17) is 0 Å². The average molecular weight is 369 g/mol. The van der Waals surface area contributed by atoms with Crippen LogP contribution in [0.4, 0.5) is 0 Å². The summed E-state index contributed by atoms with van der Waals surface area (Å²) in [4.78, 5) is 16.0. The van der Waals surface area contributed by atoms with Gasteiger partial charge in [-0.15, -0.1) is 11.8 Å². The molecule has 1 aliphatic heterocycles. The maximum atomic E-state index is 12.3. The number of nitrogens with zero attached hydrogens (tertiary/aromatic N) is 1. The second-order valence-electron chi connectivity index (χ2n) is 6.95. The van der Waals surface area contributed by atoms with Crippen molar-refractivity contribution in [1.29, 1.82) is 0 Å². The van der Waals surface area contributed by atoms with Crippen molar-refractivity contribution in [2.75, 3.05) is 25.4 Å². The first-order valence-electron chi connectivity index (χ1n) is 9.50. The van der Waals surface area contributed by atoms with Crippen molar-refractivity contribution in [3.05, 3.63) is 65.2 Å². The Morgan fingerprint density at radius 2 is 1.69 bits per heavy atom. The third-order valence-corrected chi connectivity index (χ3v) is 5.76. The van der Waals surface area contributed by atoms with Crippen LogP contribution in [0.3, 0.4) is 0 Å². The summed E-state index contributed by atoms with van der Waals surface area (Å²) >= 11 is 1.77. The molecular formula is C22H28N2OS. The van der Waals surface area contributed by atoms with Crippen LogP contribution in [0.5, 0.6) is 0 Å². The van der Waals surface area contributed by atoms with Gasteiger partial charge in [-0.2, -0.15) is 0 Å². The van der Waals surface area contributed by atoms with E-state index in [2.05, 4.69) is 53.5 Å². The summed E-state index contributed by atoms with van der Waals surface area (Å²) in [7, 11) is 0. The van der Waals surface area contributed by atoms with Crippen LogP contribution < -0.4 is 5.32 Å². The number of benzene rings is 2. The highest BCUT2D eigenvalue weighted by Crippen LogP contribution is 2.17. The number of amides is 1. The van der Waals surface area contributed by atoms with Crippen LogP contribution in [0.25, 0.3) is 0 Å². The highest BCUT2D eigenvalue weighted by Gasteiger charge is 2.11. The van der Waals surface area contributed by atoms with E-state index in [1.807, 2.05) is 12.1 Å². The maximum absolute atomic E-state index is 12.3. The topological polar surface area (TPSA) is 32.3 Å². The lowest BCUT2D eigenvalue weighted by molar-refractivity contribution is 0.0956. The van der Waals surface area contributed by atoms with E-state index >= 15 is 0 Å². The molecule has 3 nitrogen and oxygen atoms in total. The smallest absolute Gasteiger partial charge is 0.251 e. The van der Waals surface area contributed by atoms with Gasteiger partial charge in [0.1, 0.15) is 0 Å². The highest BCUT2D eigenvalue weighted by molar-refractivity contribution is 7.99. The van der Waals surface area contributed by atoms with E-state index in [0.717, 1.165) is 17.9 Å². The fourth-order valence-electron chi connectivity index (χ4n) is 3.21. The van der Waals surface area contributed by atoms with Gasteiger partial charge in [0.2, 0.25) is 0 Å². The molecule has 26 heavy (non-hydrogen) atoms. The van der Waals surface area contributed by atoms with Crippen LogP contribution in [-0.2, 0) is 6.54 Å². The molecule has 0 aromatic heterocycles. The van der Waals surface area contributed by atoms with Crippen LogP contribution in [-0.4, -0.2) is 36.2 Å². The molecule has 0 atom stereocenters. The van der Waals surface area contributed by atoms with Crippen molar-refractivity contribution in [3.63, 3.8) is 0 Å². The summed E-state index contributed by atoms with van der Waals surface area (Å²) in [5.74, 6) is 0.890. The Morgan fingerprint density at radius 3 is 2.38 bits per heavy atom. The standard InChI is InChI=1S/C22H28N2OS/c1-18-5-11-21(12-6-18)26-16-13-23-22(25)20-9-7-19(8-10-20)17-24-14-3-2-4-15-24/h5-12H,2-4,13-17H2,1H3,(H,23,25). The Kier molecular flexibility index (Phi) is 7.15. The van der Waals surface area contributed by atoms with E-state index in [-0.39, 0.29) is 5.91 Å². The highest BCUT2D eigenvalue weighted by atomic mass is 32.2. The van der Waals surface area contributed by atoms with E-state index in [9.17, 15) is 4.79 Å². The van der Waals surface area contributed by atoms with Gasteiger partial charge in [-0.1, -0.05) is 36.2 Å². The molecule has 0 radical (unpaired) electrons. The lowest BCUT2D eigenvalue weighted by Gasteiger charge is -2.26. The Bertz CT molecular complexity index is 691. The summed E-state index contributed by atoms with van der Waals surface area (Å²) in [5, 5.41) is 3.01. The minimum atomic E-state index is 0.0130. The van der Waals surface area contributed by atoms with Gasteiger partial charge in [-0.05, 0) is 62.7 Å². The largest absolute Gasteiger partial charge is 0.351 e. The van der Waals surface area contributed by atoms with Crippen molar-refractivity contribution >= 4 is 17.7 Å².